The molecule has 1 heterocycles. The minimum Gasteiger partial charge on any atom is -0.392 e. The second-order valence-corrected chi connectivity index (χ2v) is 8.31. The van der Waals surface area contributed by atoms with Gasteiger partial charge in [0.05, 0.1) is 23.2 Å². The molecule has 0 aliphatic heterocycles. The summed E-state index contributed by atoms with van der Waals surface area (Å²) in [5, 5.41) is 22.7. The maximum atomic E-state index is 11.5. The average molecular weight is 416 g/mol. The van der Waals surface area contributed by atoms with Crippen LogP contribution in [0.15, 0.2) is 59.5 Å². The van der Waals surface area contributed by atoms with Crippen LogP contribution in [0, 0.1) is 0 Å². The third kappa shape index (κ3) is 5.70. The van der Waals surface area contributed by atoms with Crippen molar-refractivity contribution in [3.8, 4) is 5.69 Å². The molecule has 1 unspecified atom stereocenters. The van der Waals surface area contributed by atoms with Crippen LogP contribution in [-0.4, -0.2) is 40.9 Å². The topological polar surface area (TPSA) is 123 Å². The minimum atomic E-state index is -3.76. The van der Waals surface area contributed by atoms with Crippen molar-refractivity contribution in [1.82, 2.24) is 20.1 Å². The molecule has 9 heteroatoms. The fraction of sp³-hybridized carbons (Fsp3) is 0.300. The van der Waals surface area contributed by atoms with Crippen LogP contribution in [0.2, 0.25) is 0 Å². The lowest BCUT2D eigenvalue weighted by Crippen LogP contribution is -2.27. The SMILES string of the molecule is CCC(O)CNCc1nc(Cc2ccccc2)nn1-c1ccc(S(N)(=O)=O)cc1. The second kappa shape index (κ2) is 9.27. The normalized spacial score (nSPS) is 12.8. The van der Waals surface area contributed by atoms with Gasteiger partial charge in [0.15, 0.2) is 5.82 Å². The number of aliphatic hydroxyl groups is 1. The van der Waals surface area contributed by atoms with Crippen LogP contribution in [0.1, 0.15) is 30.6 Å². The second-order valence-electron chi connectivity index (χ2n) is 6.75. The van der Waals surface area contributed by atoms with Crippen LogP contribution in [0.4, 0.5) is 0 Å². The first-order valence-electron chi connectivity index (χ1n) is 9.37. The summed E-state index contributed by atoms with van der Waals surface area (Å²) in [6.07, 6.45) is 0.811. The number of nitrogens with one attached hydrogen (secondary N) is 1. The summed E-state index contributed by atoms with van der Waals surface area (Å²) in [5.74, 6) is 1.32. The van der Waals surface area contributed by atoms with Gasteiger partial charge < -0.3 is 10.4 Å². The van der Waals surface area contributed by atoms with Gasteiger partial charge in [-0.1, -0.05) is 37.3 Å². The van der Waals surface area contributed by atoms with E-state index in [2.05, 4.69) is 15.4 Å². The van der Waals surface area contributed by atoms with Crippen molar-refractivity contribution in [2.75, 3.05) is 6.54 Å². The molecule has 0 amide bonds. The summed E-state index contributed by atoms with van der Waals surface area (Å²) in [6.45, 7) is 2.78. The molecule has 154 valence electrons. The predicted octanol–water partition coefficient (Wildman–Crippen LogP) is 1.37. The Hall–Kier alpha value is -2.59. The van der Waals surface area contributed by atoms with E-state index in [4.69, 9.17) is 5.14 Å². The Bertz CT molecular complexity index is 1030. The minimum absolute atomic E-state index is 0.0385. The van der Waals surface area contributed by atoms with Gasteiger partial charge in [-0.25, -0.2) is 23.2 Å². The molecule has 29 heavy (non-hydrogen) atoms. The van der Waals surface area contributed by atoms with E-state index in [0.717, 1.165) is 5.56 Å². The Balaban J connectivity index is 1.88. The molecule has 1 aromatic heterocycles. The molecule has 0 aliphatic carbocycles. The molecule has 0 saturated heterocycles. The molecule has 4 N–H and O–H groups in total. The third-order valence-electron chi connectivity index (χ3n) is 4.47. The van der Waals surface area contributed by atoms with Gasteiger partial charge in [-0.2, -0.15) is 5.10 Å². The predicted molar refractivity (Wildman–Crippen MR) is 110 cm³/mol. The first kappa shape index (κ1) is 21.1. The van der Waals surface area contributed by atoms with Crippen molar-refractivity contribution < 1.29 is 13.5 Å². The van der Waals surface area contributed by atoms with Crippen molar-refractivity contribution in [2.45, 2.75) is 37.3 Å². The van der Waals surface area contributed by atoms with Crippen LogP contribution in [0.3, 0.4) is 0 Å². The molecule has 2 aromatic carbocycles. The van der Waals surface area contributed by atoms with E-state index in [-0.39, 0.29) is 4.90 Å². The number of rotatable bonds is 9. The van der Waals surface area contributed by atoms with E-state index in [0.29, 0.717) is 43.3 Å². The molecule has 0 fully saturated rings. The highest BCUT2D eigenvalue weighted by Crippen LogP contribution is 2.15. The maximum absolute atomic E-state index is 11.5. The fourth-order valence-electron chi connectivity index (χ4n) is 2.84. The highest BCUT2D eigenvalue weighted by atomic mass is 32.2. The van der Waals surface area contributed by atoms with E-state index in [1.807, 2.05) is 37.3 Å². The molecule has 0 aliphatic rings. The number of nitrogens with two attached hydrogens (primary N) is 1. The number of aromatic nitrogens is 3. The highest BCUT2D eigenvalue weighted by Gasteiger charge is 2.14. The fourth-order valence-corrected chi connectivity index (χ4v) is 3.35. The Morgan fingerprint density at radius 1 is 1.14 bits per heavy atom. The maximum Gasteiger partial charge on any atom is 0.238 e. The van der Waals surface area contributed by atoms with Gasteiger partial charge in [0.25, 0.3) is 0 Å². The van der Waals surface area contributed by atoms with Gasteiger partial charge in [-0.15, -0.1) is 0 Å². The summed E-state index contributed by atoms with van der Waals surface area (Å²) in [5.41, 5.74) is 1.77. The summed E-state index contributed by atoms with van der Waals surface area (Å²) in [4.78, 5) is 4.68. The van der Waals surface area contributed by atoms with Crippen LogP contribution in [0.25, 0.3) is 5.69 Å². The van der Waals surface area contributed by atoms with Crippen molar-refractivity contribution in [3.63, 3.8) is 0 Å². The van der Waals surface area contributed by atoms with Crippen LogP contribution >= 0.6 is 0 Å². The Kier molecular flexibility index (Phi) is 6.75. The van der Waals surface area contributed by atoms with E-state index in [9.17, 15) is 13.5 Å². The smallest absolute Gasteiger partial charge is 0.238 e. The molecule has 0 bridgehead atoms. The van der Waals surface area contributed by atoms with Crippen LogP contribution < -0.4 is 10.5 Å². The van der Waals surface area contributed by atoms with Crippen molar-refractivity contribution in [3.05, 3.63) is 71.8 Å². The summed E-state index contributed by atoms with van der Waals surface area (Å²) in [7, 11) is -3.76. The molecule has 0 radical (unpaired) electrons. The van der Waals surface area contributed by atoms with E-state index >= 15 is 0 Å². The quantitative estimate of drug-likeness (QED) is 0.485. The molecule has 1 atom stereocenters. The standard InChI is InChI=1S/C20H25N5O3S/c1-2-17(26)13-22-14-20-23-19(12-15-6-4-3-5-7-15)24-25(20)16-8-10-18(11-9-16)29(21,27)28/h3-11,17,22,26H,2,12-14H2,1H3,(H2,21,27,28). The Morgan fingerprint density at radius 2 is 1.83 bits per heavy atom. The zero-order valence-corrected chi connectivity index (χ0v) is 17.0. The zero-order chi connectivity index (χ0) is 20.9. The molecular weight excluding hydrogens is 390 g/mol. The van der Waals surface area contributed by atoms with Crippen LogP contribution in [-0.2, 0) is 23.0 Å². The lowest BCUT2D eigenvalue weighted by atomic mass is 10.1. The molecule has 8 nitrogen and oxygen atoms in total. The number of nitrogens with zero attached hydrogens (tertiary/aromatic N) is 3. The number of benzene rings is 2. The largest absolute Gasteiger partial charge is 0.392 e. The van der Waals surface area contributed by atoms with Gasteiger partial charge in [0.1, 0.15) is 5.82 Å². The molecular formula is C20H25N5O3S. The van der Waals surface area contributed by atoms with Crippen molar-refractivity contribution in [2.24, 2.45) is 5.14 Å². The molecule has 3 aromatic rings. The first-order valence-corrected chi connectivity index (χ1v) is 10.9. The lowest BCUT2D eigenvalue weighted by molar-refractivity contribution is 0.166. The molecule has 0 saturated carbocycles. The van der Waals surface area contributed by atoms with Crippen molar-refractivity contribution in [1.29, 1.82) is 0 Å². The first-order chi connectivity index (χ1) is 13.9. The lowest BCUT2D eigenvalue weighted by Gasteiger charge is -2.10. The summed E-state index contributed by atoms with van der Waals surface area (Å²) >= 11 is 0. The highest BCUT2D eigenvalue weighted by molar-refractivity contribution is 7.89. The van der Waals surface area contributed by atoms with Crippen molar-refractivity contribution >= 4 is 10.0 Å². The monoisotopic (exact) mass is 415 g/mol. The van der Waals surface area contributed by atoms with Gasteiger partial charge in [-0.05, 0) is 36.2 Å². The Morgan fingerprint density at radius 3 is 2.45 bits per heavy atom. The van der Waals surface area contributed by atoms with Crippen LogP contribution in [0.5, 0.6) is 0 Å². The number of primary sulfonamides is 1. The van der Waals surface area contributed by atoms with Gasteiger partial charge >= 0.3 is 0 Å². The third-order valence-corrected chi connectivity index (χ3v) is 5.40. The molecule has 3 rings (SSSR count). The van der Waals surface area contributed by atoms with Gasteiger partial charge in [0.2, 0.25) is 10.0 Å². The average Bonchev–Trinajstić information content (AvgIpc) is 3.10. The number of hydrogen-bond acceptors (Lipinski definition) is 6. The van der Waals surface area contributed by atoms with Gasteiger partial charge in [0, 0.05) is 13.0 Å². The van der Waals surface area contributed by atoms with E-state index in [1.54, 1.807) is 16.8 Å². The number of aliphatic hydroxyl groups excluding tert-OH is 1. The van der Waals surface area contributed by atoms with E-state index < -0.39 is 16.1 Å². The number of sulfonamides is 1. The summed E-state index contributed by atoms with van der Waals surface area (Å²) < 4.78 is 24.7. The Labute approximate surface area is 170 Å². The number of hydrogen-bond donors (Lipinski definition) is 3. The van der Waals surface area contributed by atoms with E-state index in [1.165, 1.54) is 12.1 Å². The molecule has 0 spiro atoms. The van der Waals surface area contributed by atoms with Gasteiger partial charge in [-0.3, -0.25) is 0 Å². The summed E-state index contributed by atoms with van der Waals surface area (Å²) in [6, 6.07) is 16.1. The zero-order valence-electron chi connectivity index (χ0n) is 16.2.